The molecule has 1 aromatic carbocycles. The van der Waals surface area contributed by atoms with E-state index in [1.54, 1.807) is 6.20 Å². The summed E-state index contributed by atoms with van der Waals surface area (Å²) in [4.78, 5) is 2.38. The van der Waals surface area contributed by atoms with Crippen molar-refractivity contribution in [2.45, 2.75) is 32.3 Å². The highest BCUT2D eigenvalue weighted by Gasteiger charge is 2.21. The van der Waals surface area contributed by atoms with Gasteiger partial charge in [0.1, 0.15) is 6.10 Å². The second-order valence-corrected chi connectivity index (χ2v) is 6.67. The first-order valence-corrected chi connectivity index (χ1v) is 8.85. The van der Waals surface area contributed by atoms with Crippen LogP contribution in [0.3, 0.4) is 0 Å². The van der Waals surface area contributed by atoms with Gasteiger partial charge in [-0.25, -0.2) is 0 Å². The number of hydrogen-bond donors (Lipinski definition) is 2. The van der Waals surface area contributed by atoms with Gasteiger partial charge in [0.2, 0.25) is 0 Å². The summed E-state index contributed by atoms with van der Waals surface area (Å²) in [6.07, 6.45) is 2.87. The third kappa shape index (κ3) is 3.55. The predicted molar refractivity (Wildman–Crippen MR) is 96.2 cm³/mol. The lowest BCUT2D eigenvalue weighted by molar-refractivity contribution is 0.0915. The molecule has 2 N–H and O–H groups in total. The second kappa shape index (κ2) is 7.41. The van der Waals surface area contributed by atoms with Crippen LogP contribution in [-0.4, -0.2) is 47.8 Å². The van der Waals surface area contributed by atoms with Crippen molar-refractivity contribution in [3.05, 3.63) is 71.3 Å². The minimum absolute atomic E-state index is 0.305. The molecule has 0 saturated heterocycles. The molecular weight excluding hydrogens is 330 g/mol. The molecule has 26 heavy (non-hydrogen) atoms. The number of hydrogen-bond acceptors (Lipinski definition) is 5. The normalized spacial score (nSPS) is 15.8. The first-order valence-electron chi connectivity index (χ1n) is 8.85. The first kappa shape index (κ1) is 17.0. The predicted octanol–water partition coefficient (Wildman–Crippen LogP) is 1.17. The second-order valence-electron chi connectivity index (χ2n) is 6.67. The molecule has 0 spiro atoms. The zero-order valence-electron chi connectivity index (χ0n) is 14.6. The maximum Gasteiger partial charge on any atom is 0.121 e. The summed E-state index contributed by atoms with van der Waals surface area (Å²) in [6.45, 7) is 3.79. The number of fused-ring (bicyclic) bond motifs is 1. The molecule has 3 aromatic rings. The molecule has 1 atom stereocenters. The number of rotatable bonds is 6. The Morgan fingerprint density at radius 2 is 1.88 bits per heavy atom. The maximum atomic E-state index is 9.79. The number of benzene rings is 1. The van der Waals surface area contributed by atoms with E-state index >= 15 is 0 Å². The molecule has 3 heterocycles. The van der Waals surface area contributed by atoms with Gasteiger partial charge in [0.15, 0.2) is 0 Å². The standard InChI is InChI=1S/C19H23N5O2/c25-14-19(26)18-10-17-13-22(8-9-24(17)21-18)11-15-4-1-2-5-16(15)12-23-7-3-6-20-23/h1-7,10,19,25-26H,8-9,11-14H2. The lowest BCUT2D eigenvalue weighted by Crippen LogP contribution is -2.33. The Morgan fingerprint density at radius 1 is 1.08 bits per heavy atom. The van der Waals surface area contributed by atoms with Crippen LogP contribution in [0.2, 0.25) is 0 Å². The average Bonchev–Trinajstić information content (AvgIpc) is 3.32. The summed E-state index contributed by atoms with van der Waals surface area (Å²) in [7, 11) is 0. The third-order valence-electron chi connectivity index (χ3n) is 4.81. The summed E-state index contributed by atoms with van der Waals surface area (Å²) >= 11 is 0. The van der Waals surface area contributed by atoms with Gasteiger partial charge < -0.3 is 10.2 Å². The number of aliphatic hydroxyl groups excluding tert-OH is 2. The van der Waals surface area contributed by atoms with Crippen LogP contribution in [0, 0.1) is 0 Å². The van der Waals surface area contributed by atoms with Crippen molar-refractivity contribution in [1.82, 2.24) is 24.5 Å². The minimum Gasteiger partial charge on any atom is -0.393 e. The summed E-state index contributed by atoms with van der Waals surface area (Å²) in [6, 6.07) is 12.3. The Kier molecular flexibility index (Phi) is 4.83. The van der Waals surface area contributed by atoms with Crippen molar-refractivity contribution in [3.8, 4) is 0 Å². The van der Waals surface area contributed by atoms with E-state index in [2.05, 4.69) is 39.4 Å². The fourth-order valence-electron chi connectivity index (χ4n) is 3.41. The van der Waals surface area contributed by atoms with E-state index in [-0.39, 0.29) is 6.61 Å². The molecule has 136 valence electrons. The topological polar surface area (TPSA) is 79.3 Å². The van der Waals surface area contributed by atoms with Crippen LogP contribution in [0.25, 0.3) is 0 Å². The molecule has 4 rings (SSSR count). The van der Waals surface area contributed by atoms with Crippen molar-refractivity contribution in [1.29, 1.82) is 0 Å². The van der Waals surface area contributed by atoms with E-state index in [0.717, 1.165) is 38.4 Å². The zero-order chi connectivity index (χ0) is 17.9. The summed E-state index contributed by atoms with van der Waals surface area (Å²) in [5.74, 6) is 0. The van der Waals surface area contributed by atoms with Crippen molar-refractivity contribution < 1.29 is 10.2 Å². The highest BCUT2D eigenvalue weighted by atomic mass is 16.3. The Hall–Kier alpha value is -2.48. The van der Waals surface area contributed by atoms with Crippen molar-refractivity contribution in [3.63, 3.8) is 0 Å². The molecule has 0 saturated carbocycles. The van der Waals surface area contributed by atoms with Gasteiger partial charge in [0.25, 0.3) is 0 Å². The largest absolute Gasteiger partial charge is 0.393 e. The fourth-order valence-corrected chi connectivity index (χ4v) is 3.41. The molecule has 0 radical (unpaired) electrons. The van der Waals surface area contributed by atoms with Gasteiger partial charge in [-0.1, -0.05) is 24.3 Å². The van der Waals surface area contributed by atoms with Gasteiger partial charge in [-0.15, -0.1) is 0 Å². The van der Waals surface area contributed by atoms with Crippen molar-refractivity contribution in [2.24, 2.45) is 0 Å². The highest BCUT2D eigenvalue weighted by Crippen LogP contribution is 2.21. The van der Waals surface area contributed by atoms with Gasteiger partial charge in [-0.05, 0) is 23.3 Å². The molecule has 7 nitrogen and oxygen atoms in total. The van der Waals surface area contributed by atoms with Gasteiger partial charge >= 0.3 is 0 Å². The Balaban J connectivity index is 1.48. The highest BCUT2D eigenvalue weighted by molar-refractivity contribution is 5.27. The lowest BCUT2D eigenvalue weighted by Gasteiger charge is -2.28. The summed E-state index contributed by atoms with van der Waals surface area (Å²) < 4.78 is 3.87. The van der Waals surface area contributed by atoms with Gasteiger partial charge in [-0.3, -0.25) is 14.3 Å². The maximum absolute atomic E-state index is 9.79. The van der Waals surface area contributed by atoms with Crippen LogP contribution < -0.4 is 0 Å². The van der Waals surface area contributed by atoms with E-state index in [4.69, 9.17) is 5.11 Å². The third-order valence-corrected chi connectivity index (χ3v) is 4.81. The lowest BCUT2D eigenvalue weighted by atomic mass is 10.1. The Bertz CT molecular complexity index is 859. The molecule has 0 bridgehead atoms. The number of aliphatic hydroxyl groups is 2. The summed E-state index contributed by atoms with van der Waals surface area (Å²) in [5.41, 5.74) is 4.19. The van der Waals surface area contributed by atoms with Gasteiger partial charge in [-0.2, -0.15) is 10.2 Å². The van der Waals surface area contributed by atoms with Crippen LogP contribution in [0.1, 0.15) is 28.6 Å². The van der Waals surface area contributed by atoms with Crippen molar-refractivity contribution in [2.75, 3.05) is 13.2 Å². The monoisotopic (exact) mass is 353 g/mol. The first-order chi connectivity index (χ1) is 12.7. The van der Waals surface area contributed by atoms with Crippen LogP contribution in [-0.2, 0) is 26.2 Å². The molecule has 1 aliphatic rings. The molecular formula is C19H23N5O2. The Labute approximate surface area is 152 Å². The molecule has 1 aliphatic heterocycles. The molecule has 2 aromatic heterocycles. The molecule has 0 aliphatic carbocycles. The van der Waals surface area contributed by atoms with Gasteiger partial charge in [0.05, 0.1) is 31.1 Å². The zero-order valence-corrected chi connectivity index (χ0v) is 14.6. The van der Waals surface area contributed by atoms with E-state index in [0.29, 0.717) is 5.69 Å². The van der Waals surface area contributed by atoms with Crippen molar-refractivity contribution >= 4 is 0 Å². The quantitative estimate of drug-likeness (QED) is 0.695. The van der Waals surface area contributed by atoms with Crippen LogP contribution in [0.5, 0.6) is 0 Å². The average molecular weight is 353 g/mol. The fraction of sp³-hybridized carbons (Fsp3) is 0.368. The van der Waals surface area contributed by atoms with E-state index in [1.807, 2.05) is 27.7 Å². The van der Waals surface area contributed by atoms with Crippen LogP contribution >= 0.6 is 0 Å². The van der Waals surface area contributed by atoms with E-state index in [1.165, 1.54) is 11.1 Å². The molecule has 0 amide bonds. The summed E-state index contributed by atoms with van der Waals surface area (Å²) in [5, 5.41) is 27.6. The molecule has 1 unspecified atom stereocenters. The number of aromatic nitrogens is 4. The van der Waals surface area contributed by atoms with Crippen LogP contribution in [0.15, 0.2) is 48.8 Å². The SMILES string of the molecule is OCC(O)c1cc2n(n1)CCN(Cc1ccccc1Cn1cccn1)C2. The molecule has 7 heteroatoms. The number of nitrogens with zero attached hydrogens (tertiary/aromatic N) is 5. The molecule has 0 fully saturated rings. The van der Waals surface area contributed by atoms with Crippen LogP contribution in [0.4, 0.5) is 0 Å². The van der Waals surface area contributed by atoms with Gasteiger partial charge in [0, 0.05) is 32.0 Å². The minimum atomic E-state index is -0.906. The smallest absolute Gasteiger partial charge is 0.121 e. The van der Waals surface area contributed by atoms with E-state index < -0.39 is 6.10 Å². The Morgan fingerprint density at radius 3 is 2.62 bits per heavy atom. The van der Waals surface area contributed by atoms with E-state index in [9.17, 15) is 5.11 Å².